The number of anilines is 1. The number of pyridine rings is 1. The van der Waals surface area contributed by atoms with Gasteiger partial charge in [-0.15, -0.1) is 0 Å². The van der Waals surface area contributed by atoms with Crippen LogP contribution >= 0.6 is 0 Å². The fourth-order valence-corrected chi connectivity index (χ4v) is 7.31. The zero-order chi connectivity index (χ0) is 23.3. The van der Waals surface area contributed by atoms with Crippen molar-refractivity contribution in [2.24, 2.45) is 23.2 Å². The maximum Gasteiger partial charge on any atom is 0.302 e. The first-order valence-corrected chi connectivity index (χ1v) is 12.3. The molecule has 1 aromatic heterocycles. The van der Waals surface area contributed by atoms with E-state index in [2.05, 4.69) is 5.32 Å². The van der Waals surface area contributed by atoms with Crippen LogP contribution in [0.4, 0.5) is 5.69 Å². The Balaban J connectivity index is 1.38. The molecule has 4 fully saturated rings. The van der Waals surface area contributed by atoms with Crippen molar-refractivity contribution in [1.29, 1.82) is 0 Å². The molecule has 1 heterocycles. The van der Waals surface area contributed by atoms with Gasteiger partial charge in [0.05, 0.1) is 11.7 Å². The van der Waals surface area contributed by atoms with E-state index >= 15 is 0 Å². The number of carbonyl (C=O) groups excluding carboxylic acids is 2. The van der Waals surface area contributed by atoms with Gasteiger partial charge in [-0.05, 0) is 93.2 Å². The average Bonchev–Trinajstić information content (AvgIpc) is 2.73. The van der Waals surface area contributed by atoms with Crippen molar-refractivity contribution in [3.63, 3.8) is 0 Å². The van der Waals surface area contributed by atoms with E-state index in [4.69, 9.17) is 4.74 Å². The summed E-state index contributed by atoms with van der Waals surface area (Å²) in [5.74, 6) is 2.15. The Kier molecular flexibility index (Phi) is 5.58. The number of fused-ring (bicyclic) bond motifs is 1. The Morgan fingerprint density at radius 3 is 2.33 bits per heavy atom. The number of hydrogen-bond acceptors (Lipinski definition) is 4. The zero-order valence-corrected chi connectivity index (χ0v) is 19.9. The summed E-state index contributed by atoms with van der Waals surface area (Å²) < 4.78 is 6.67. The molecular formula is C27H34N2O4. The monoisotopic (exact) mass is 450 g/mol. The van der Waals surface area contributed by atoms with Gasteiger partial charge in [-0.3, -0.25) is 14.4 Å². The van der Waals surface area contributed by atoms with Crippen LogP contribution < -0.4 is 10.9 Å². The molecule has 6 rings (SSSR count). The number of carbonyl (C=O) groups is 2. The highest BCUT2D eigenvalue weighted by molar-refractivity contribution is 6.03. The van der Waals surface area contributed by atoms with Crippen LogP contribution in [0.2, 0.25) is 0 Å². The van der Waals surface area contributed by atoms with Gasteiger partial charge in [0.2, 0.25) is 5.91 Å². The van der Waals surface area contributed by atoms with Gasteiger partial charge in [0.25, 0.3) is 5.56 Å². The Morgan fingerprint density at radius 2 is 1.73 bits per heavy atom. The summed E-state index contributed by atoms with van der Waals surface area (Å²) in [6.45, 7) is 5.31. The van der Waals surface area contributed by atoms with Crippen molar-refractivity contribution in [1.82, 2.24) is 4.57 Å². The highest BCUT2D eigenvalue weighted by Gasteiger charge is 2.51. The molecule has 176 valence electrons. The average molecular weight is 451 g/mol. The third-order valence-corrected chi connectivity index (χ3v) is 8.29. The standard InChI is InChI=1S/C27H34N2O4/c1-16-4-5-23-22(6-7-29(26(23)32)17(2)15-33-18(3)30)25(16)28-24(31)14-27-11-19-8-20(12-27)10-21(9-19)13-27/h4-7,17,19-21H,8-15H2,1-3H3,(H,28,31)/t17-,19?,20?,21?,27?/m1/s1. The smallest absolute Gasteiger partial charge is 0.302 e. The van der Waals surface area contributed by atoms with Gasteiger partial charge in [-0.2, -0.15) is 0 Å². The number of ether oxygens (including phenoxy) is 1. The fourth-order valence-electron chi connectivity index (χ4n) is 7.31. The topological polar surface area (TPSA) is 77.4 Å². The molecule has 4 saturated carbocycles. The summed E-state index contributed by atoms with van der Waals surface area (Å²) in [6, 6.07) is 5.32. The van der Waals surface area contributed by atoms with E-state index in [-0.39, 0.29) is 35.5 Å². The third-order valence-electron chi connectivity index (χ3n) is 8.29. The molecule has 4 bridgehead atoms. The summed E-state index contributed by atoms with van der Waals surface area (Å²) in [5, 5.41) is 4.51. The lowest BCUT2D eigenvalue weighted by atomic mass is 9.49. The number of nitrogens with zero attached hydrogens (tertiary/aromatic N) is 1. The van der Waals surface area contributed by atoms with E-state index in [9.17, 15) is 14.4 Å². The molecule has 1 aromatic carbocycles. The van der Waals surface area contributed by atoms with Crippen LogP contribution in [0.15, 0.2) is 29.2 Å². The summed E-state index contributed by atoms with van der Waals surface area (Å²) in [7, 11) is 0. The minimum absolute atomic E-state index is 0.0694. The molecule has 6 nitrogen and oxygen atoms in total. The summed E-state index contributed by atoms with van der Waals surface area (Å²) in [4.78, 5) is 37.6. The number of hydrogen-bond donors (Lipinski definition) is 1. The molecule has 0 aliphatic heterocycles. The van der Waals surface area contributed by atoms with Gasteiger partial charge in [0, 0.05) is 30.3 Å². The van der Waals surface area contributed by atoms with Gasteiger partial charge < -0.3 is 14.6 Å². The fraction of sp³-hybridized carbons (Fsp3) is 0.593. The molecule has 0 unspecified atom stereocenters. The molecule has 0 spiro atoms. The predicted octanol–water partition coefficient (Wildman–Crippen LogP) is 4.98. The van der Waals surface area contributed by atoms with Gasteiger partial charge in [-0.25, -0.2) is 0 Å². The quantitative estimate of drug-likeness (QED) is 0.630. The molecule has 1 atom stereocenters. The van der Waals surface area contributed by atoms with Crippen LogP contribution in [0.25, 0.3) is 10.8 Å². The second-order valence-corrected chi connectivity index (χ2v) is 11.0. The molecule has 33 heavy (non-hydrogen) atoms. The van der Waals surface area contributed by atoms with Crippen molar-refractivity contribution < 1.29 is 14.3 Å². The van der Waals surface area contributed by atoms with Crippen molar-refractivity contribution >= 4 is 28.3 Å². The Hall–Kier alpha value is -2.63. The van der Waals surface area contributed by atoms with Gasteiger partial charge >= 0.3 is 5.97 Å². The van der Waals surface area contributed by atoms with Crippen molar-refractivity contribution in [2.45, 2.75) is 71.8 Å². The van der Waals surface area contributed by atoms with E-state index in [1.807, 2.05) is 32.0 Å². The second kappa shape index (κ2) is 8.30. The number of rotatable bonds is 6. The first kappa shape index (κ1) is 22.2. The number of amides is 1. The van der Waals surface area contributed by atoms with E-state index in [1.165, 1.54) is 45.4 Å². The van der Waals surface area contributed by atoms with E-state index in [0.717, 1.165) is 34.4 Å². The van der Waals surface area contributed by atoms with Crippen LogP contribution in [-0.4, -0.2) is 23.1 Å². The van der Waals surface area contributed by atoms with Crippen LogP contribution in [-0.2, 0) is 14.3 Å². The van der Waals surface area contributed by atoms with Crippen molar-refractivity contribution in [3.8, 4) is 0 Å². The molecule has 4 aliphatic rings. The maximum atomic E-state index is 13.3. The molecule has 1 amide bonds. The molecule has 0 saturated heterocycles. The lowest BCUT2D eigenvalue weighted by Crippen LogP contribution is -2.47. The minimum Gasteiger partial charge on any atom is -0.464 e. The van der Waals surface area contributed by atoms with Crippen LogP contribution in [0, 0.1) is 30.1 Å². The number of esters is 1. The summed E-state index contributed by atoms with van der Waals surface area (Å²) in [6.07, 6.45) is 10.0. The number of nitrogens with one attached hydrogen (secondary N) is 1. The molecule has 2 aromatic rings. The lowest BCUT2D eigenvalue weighted by molar-refractivity contribution is -0.142. The van der Waals surface area contributed by atoms with Crippen molar-refractivity contribution in [3.05, 3.63) is 40.3 Å². The highest BCUT2D eigenvalue weighted by Crippen LogP contribution is 2.61. The van der Waals surface area contributed by atoms with Crippen molar-refractivity contribution in [2.75, 3.05) is 11.9 Å². The van der Waals surface area contributed by atoms with E-state index in [0.29, 0.717) is 11.8 Å². The first-order chi connectivity index (χ1) is 15.7. The largest absolute Gasteiger partial charge is 0.464 e. The second-order valence-electron chi connectivity index (χ2n) is 11.0. The summed E-state index contributed by atoms with van der Waals surface area (Å²) in [5.41, 5.74) is 1.71. The number of aryl methyl sites for hydroxylation is 1. The molecule has 4 aliphatic carbocycles. The molecule has 0 radical (unpaired) electrons. The van der Waals surface area contributed by atoms with Crippen LogP contribution in [0.1, 0.15) is 70.4 Å². The van der Waals surface area contributed by atoms with Crippen LogP contribution in [0.5, 0.6) is 0 Å². The third kappa shape index (κ3) is 4.20. The zero-order valence-electron chi connectivity index (χ0n) is 19.9. The number of benzene rings is 1. The van der Waals surface area contributed by atoms with E-state index in [1.54, 1.807) is 10.8 Å². The predicted molar refractivity (Wildman–Crippen MR) is 128 cm³/mol. The van der Waals surface area contributed by atoms with Gasteiger partial charge in [0.15, 0.2) is 0 Å². The van der Waals surface area contributed by atoms with Crippen LogP contribution in [0.3, 0.4) is 0 Å². The highest BCUT2D eigenvalue weighted by atomic mass is 16.5. The van der Waals surface area contributed by atoms with Gasteiger partial charge in [0.1, 0.15) is 6.61 Å². The minimum atomic E-state index is -0.365. The van der Waals surface area contributed by atoms with Gasteiger partial charge in [-0.1, -0.05) is 6.07 Å². The number of aromatic nitrogens is 1. The Morgan fingerprint density at radius 1 is 1.09 bits per heavy atom. The van der Waals surface area contributed by atoms with E-state index < -0.39 is 0 Å². The first-order valence-electron chi connectivity index (χ1n) is 12.3. The molecular weight excluding hydrogens is 416 g/mol. The SMILES string of the molecule is CC(=O)OC[C@@H](C)n1ccc2c(NC(=O)CC34CC5CC(CC(C5)C3)C4)c(C)ccc2c1=O. The Labute approximate surface area is 194 Å². The molecule has 6 heteroatoms. The maximum absolute atomic E-state index is 13.3. The Bertz CT molecular complexity index is 1130. The normalized spacial score (nSPS) is 28.6. The summed E-state index contributed by atoms with van der Waals surface area (Å²) >= 11 is 0. The lowest BCUT2D eigenvalue weighted by Gasteiger charge is -2.56. The molecule has 1 N–H and O–H groups in total.